The fourth-order valence-electron chi connectivity index (χ4n) is 1.48. The summed E-state index contributed by atoms with van der Waals surface area (Å²) in [5, 5.41) is 0. The van der Waals surface area contributed by atoms with E-state index in [1.54, 1.807) is 36.7 Å². The summed E-state index contributed by atoms with van der Waals surface area (Å²) in [5.41, 5.74) is 1.42. The molecule has 7 heteroatoms. The quantitative estimate of drug-likeness (QED) is 0.834. The molecule has 100 valence electrons. The zero-order chi connectivity index (χ0) is 13.9. The Hall–Kier alpha value is -1.75. The molecule has 1 aromatic carbocycles. The van der Waals surface area contributed by atoms with Crippen molar-refractivity contribution in [2.75, 3.05) is 0 Å². The second-order valence-electron chi connectivity index (χ2n) is 4.12. The fourth-order valence-corrected chi connectivity index (χ4v) is 2.16. The summed E-state index contributed by atoms with van der Waals surface area (Å²) in [4.78, 5) is 25.8. The van der Waals surface area contributed by atoms with E-state index >= 15 is 0 Å². The molecule has 19 heavy (non-hydrogen) atoms. The normalized spacial score (nSPS) is 11.3. The van der Waals surface area contributed by atoms with Gasteiger partial charge in [-0.1, -0.05) is 12.1 Å². The maximum absolute atomic E-state index is 10.9. The fraction of sp³-hybridized carbons (Fsp3) is 0.167. The van der Waals surface area contributed by atoms with Gasteiger partial charge in [0.05, 0.1) is 6.16 Å². The van der Waals surface area contributed by atoms with E-state index in [1.165, 1.54) is 0 Å². The molecule has 0 bridgehead atoms. The summed E-state index contributed by atoms with van der Waals surface area (Å²) >= 11 is 0. The van der Waals surface area contributed by atoms with Gasteiger partial charge in [-0.3, -0.25) is 4.57 Å². The van der Waals surface area contributed by atoms with Crippen molar-refractivity contribution in [3.05, 3.63) is 47.8 Å². The van der Waals surface area contributed by atoms with Crippen LogP contribution in [-0.2, 0) is 10.7 Å². The average Bonchev–Trinajstić information content (AvgIpc) is 2.30. The molecule has 0 amide bonds. The van der Waals surface area contributed by atoms with E-state index in [9.17, 15) is 4.57 Å². The van der Waals surface area contributed by atoms with Crippen LogP contribution >= 0.6 is 7.60 Å². The lowest BCUT2D eigenvalue weighted by Gasteiger charge is -2.07. The van der Waals surface area contributed by atoms with Crippen molar-refractivity contribution >= 4 is 7.60 Å². The van der Waals surface area contributed by atoms with Gasteiger partial charge in [0, 0.05) is 12.4 Å². The second kappa shape index (κ2) is 5.48. The van der Waals surface area contributed by atoms with E-state index in [0.717, 1.165) is 5.56 Å². The van der Waals surface area contributed by atoms with Crippen molar-refractivity contribution in [3.63, 3.8) is 0 Å². The predicted molar refractivity (Wildman–Crippen MR) is 69.0 cm³/mol. The highest BCUT2D eigenvalue weighted by Gasteiger charge is 2.14. The van der Waals surface area contributed by atoms with Crippen LogP contribution in [0.25, 0.3) is 0 Å². The summed E-state index contributed by atoms with van der Waals surface area (Å²) in [6.45, 7) is 1.87. The highest BCUT2D eigenvalue weighted by molar-refractivity contribution is 7.50. The molecule has 2 rings (SSSR count). The first-order valence-corrected chi connectivity index (χ1v) is 7.32. The van der Waals surface area contributed by atoms with Crippen LogP contribution in [0.4, 0.5) is 0 Å². The molecular formula is C12H13N2O4P. The third kappa shape index (κ3) is 4.44. The van der Waals surface area contributed by atoms with Crippen LogP contribution in [0.5, 0.6) is 11.8 Å². The monoisotopic (exact) mass is 280 g/mol. The summed E-state index contributed by atoms with van der Waals surface area (Å²) in [6, 6.07) is 6.71. The van der Waals surface area contributed by atoms with Gasteiger partial charge in [0.1, 0.15) is 5.75 Å². The van der Waals surface area contributed by atoms with Gasteiger partial charge in [0.15, 0.2) is 0 Å². The van der Waals surface area contributed by atoms with Crippen LogP contribution in [-0.4, -0.2) is 19.8 Å². The molecule has 0 saturated heterocycles. The third-order valence-electron chi connectivity index (χ3n) is 2.25. The van der Waals surface area contributed by atoms with E-state index < -0.39 is 7.60 Å². The zero-order valence-electron chi connectivity index (χ0n) is 10.2. The van der Waals surface area contributed by atoms with E-state index in [4.69, 9.17) is 14.5 Å². The van der Waals surface area contributed by atoms with Gasteiger partial charge in [0.25, 0.3) is 0 Å². The summed E-state index contributed by atoms with van der Waals surface area (Å²) in [5.74, 6) is 0.440. The first-order chi connectivity index (χ1) is 8.92. The predicted octanol–water partition coefficient (Wildman–Crippen LogP) is 2.26. The number of benzene rings is 1. The summed E-state index contributed by atoms with van der Waals surface area (Å²) < 4.78 is 16.4. The lowest BCUT2D eigenvalue weighted by Crippen LogP contribution is -1.93. The van der Waals surface area contributed by atoms with E-state index in [0.29, 0.717) is 11.3 Å². The molecule has 2 aromatic rings. The highest BCUT2D eigenvalue weighted by atomic mass is 31.2. The van der Waals surface area contributed by atoms with Gasteiger partial charge < -0.3 is 14.5 Å². The number of aryl methyl sites for hydroxylation is 1. The maximum Gasteiger partial charge on any atom is 0.329 e. The highest BCUT2D eigenvalue weighted by Crippen LogP contribution is 2.39. The SMILES string of the molecule is Cc1cnc(Oc2cccc(CP(=O)(O)O)c2)nc1. The molecule has 0 radical (unpaired) electrons. The van der Waals surface area contributed by atoms with Crippen molar-refractivity contribution in [2.24, 2.45) is 0 Å². The number of nitrogens with zero attached hydrogens (tertiary/aromatic N) is 2. The minimum atomic E-state index is -4.08. The smallest absolute Gasteiger partial charge is 0.329 e. The van der Waals surface area contributed by atoms with Crippen LogP contribution < -0.4 is 4.74 Å². The van der Waals surface area contributed by atoms with Crippen LogP contribution in [0.15, 0.2) is 36.7 Å². The third-order valence-corrected chi connectivity index (χ3v) is 3.03. The van der Waals surface area contributed by atoms with Crippen LogP contribution in [0, 0.1) is 6.92 Å². The van der Waals surface area contributed by atoms with Crippen molar-refractivity contribution in [3.8, 4) is 11.8 Å². The Morgan fingerprint density at radius 3 is 2.58 bits per heavy atom. The van der Waals surface area contributed by atoms with Crippen molar-refractivity contribution < 1.29 is 19.1 Å². The minimum absolute atomic E-state index is 0.193. The summed E-state index contributed by atoms with van der Waals surface area (Å²) in [6.07, 6.45) is 2.93. The number of aromatic nitrogens is 2. The average molecular weight is 280 g/mol. The molecule has 0 aliphatic carbocycles. The van der Waals surface area contributed by atoms with Gasteiger partial charge in [-0.2, -0.15) is 0 Å². The van der Waals surface area contributed by atoms with E-state index in [1.807, 2.05) is 6.92 Å². The Morgan fingerprint density at radius 1 is 1.26 bits per heavy atom. The number of ether oxygens (including phenoxy) is 1. The van der Waals surface area contributed by atoms with Crippen LogP contribution in [0.2, 0.25) is 0 Å². The Labute approximate surface area is 110 Å². The number of hydrogen-bond acceptors (Lipinski definition) is 4. The van der Waals surface area contributed by atoms with Crippen LogP contribution in [0.1, 0.15) is 11.1 Å². The molecule has 2 N–H and O–H groups in total. The van der Waals surface area contributed by atoms with Gasteiger partial charge in [0.2, 0.25) is 0 Å². The molecule has 1 aromatic heterocycles. The molecule has 0 atom stereocenters. The standard InChI is InChI=1S/C12H13N2O4P/c1-9-6-13-12(14-7-9)18-11-4-2-3-10(5-11)8-19(15,16)17/h2-7H,8H2,1H3,(H2,15,16,17). The lowest BCUT2D eigenvalue weighted by molar-refractivity contribution is 0.371. The molecule has 6 nitrogen and oxygen atoms in total. The molecule has 0 aliphatic heterocycles. The van der Waals surface area contributed by atoms with Gasteiger partial charge in [-0.15, -0.1) is 0 Å². The molecule has 1 heterocycles. The Kier molecular flexibility index (Phi) is 3.95. The molecule has 0 saturated carbocycles. The van der Waals surface area contributed by atoms with Crippen molar-refractivity contribution in [1.29, 1.82) is 0 Å². The Balaban J connectivity index is 2.15. The molecule has 0 unspecified atom stereocenters. The minimum Gasteiger partial charge on any atom is -0.424 e. The topological polar surface area (TPSA) is 92.5 Å². The van der Waals surface area contributed by atoms with Crippen LogP contribution in [0.3, 0.4) is 0 Å². The Morgan fingerprint density at radius 2 is 1.95 bits per heavy atom. The van der Waals surface area contributed by atoms with E-state index in [2.05, 4.69) is 9.97 Å². The number of rotatable bonds is 4. The molecular weight excluding hydrogens is 267 g/mol. The maximum atomic E-state index is 10.9. The van der Waals surface area contributed by atoms with E-state index in [-0.39, 0.29) is 12.2 Å². The second-order valence-corrected chi connectivity index (χ2v) is 5.76. The zero-order valence-corrected chi connectivity index (χ0v) is 11.1. The first kappa shape index (κ1) is 13.7. The summed E-state index contributed by atoms with van der Waals surface area (Å²) in [7, 11) is -4.08. The van der Waals surface area contributed by atoms with Crippen molar-refractivity contribution in [1.82, 2.24) is 9.97 Å². The van der Waals surface area contributed by atoms with Gasteiger partial charge in [-0.25, -0.2) is 9.97 Å². The Bertz CT molecular complexity index is 609. The molecule has 0 fully saturated rings. The van der Waals surface area contributed by atoms with Crippen molar-refractivity contribution in [2.45, 2.75) is 13.1 Å². The number of hydrogen-bond donors (Lipinski definition) is 2. The first-order valence-electron chi connectivity index (χ1n) is 5.52. The molecule has 0 spiro atoms. The largest absolute Gasteiger partial charge is 0.424 e. The molecule has 0 aliphatic rings. The van der Waals surface area contributed by atoms with Gasteiger partial charge in [-0.05, 0) is 30.2 Å². The lowest BCUT2D eigenvalue weighted by atomic mass is 10.2. The van der Waals surface area contributed by atoms with Gasteiger partial charge >= 0.3 is 13.6 Å².